The van der Waals surface area contributed by atoms with E-state index < -0.39 is 0 Å². The summed E-state index contributed by atoms with van der Waals surface area (Å²) in [6.45, 7) is 9.45. The highest BCUT2D eigenvalue weighted by Gasteiger charge is 2.25. The van der Waals surface area contributed by atoms with E-state index in [-0.39, 0.29) is 18.0 Å². The summed E-state index contributed by atoms with van der Waals surface area (Å²) in [6.07, 6.45) is 1.06. The molecular weight excluding hydrogens is 356 g/mol. The number of fused-ring (bicyclic) bond motifs is 1. The van der Waals surface area contributed by atoms with E-state index in [1.54, 1.807) is 0 Å². The van der Waals surface area contributed by atoms with Crippen LogP contribution in [0.2, 0.25) is 0 Å². The third-order valence-electron chi connectivity index (χ3n) is 4.97. The van der Waals surface area contributed by atoms with Crippen molar-refractivity contribution in [1.82, 2.24) is 20.2 Å². The third-order valence-corrected chi connectivity index (χ3v) is 4.97. The van der Waals surface area contributed by atoms with Crippen LogP contribution in [-0.2, 0) is 4.74 Å². The molecule has 7 heteroatoms. The van der Waals surface area contributed by atoms with E-state index >= 15 is 0 Å². The first-order valence-electron chi connectivity index (χ1n) is 9.81. The lowest BCUT2D eigenvalue weighted by Gasteiger charge is -2.32. The van der Waals surface area contributed by atoms with Gasteiger partial charge in [-0.15, -0.1) is 0 Å². The molecule has 1 fully saturated rings. The van der Waals surface area contributed by atoms with Crippen molar-refractivity contribution >= 4 is 23.0 Å². The van der Waals surface area contributed by atoms with Crippen LogP contribution < -0.4 is 5.32 Å². The second-order valence-electron chi connectivity index (χ2n) is 7.80. The molecule has 150 valence electrons. The van der Waals surface area contributed by atoms with Crippen LogP contribution in [0.25, 0.3) is 11.0 Å². The Morgan fingerprint density at radius 1 is 1.14 bits per heavy atom. The molecule has 0 unspecified atom stereocenters. The molecule has 0 spiro atoms. The smallest absolute Gasteiger partial charge is 0.407 e. The van der Waals surface area contributed by atoms with Crippen LogP contribution in [0.5, 0.6) is 0 Å². The number of likely N-dealkylation sites (tertiary alicyclic amines) is 1. The summed E-state index contributed by atoms with van der Waals surface area (Å²) in [5, 5.41) is 2.89. The van der Waals surface area contributed by atoms with Crippen LogP contribution in [0.3, 0.4) is 0 Å². The molecule has 1 aromatic carbocycles. The lowest BCUT2D eigenvalue weighted by molar-refractivity contribution is 0.0700. The van der Waals surface area contributed by atoms with E-state index in [4.69, 9.17) is 4.74 Å². The van der Waals surface area contributed by atoms with Gasteiger partial charge in [-0.05, 0) is 50.8 Å². The van der Waals surface area contributed by atoms with Gasteiger partial charge in [0.25, 0.3) is 5.91 Å². The van der Waals surface area contributed by atoms with Gasteiger partial charge in [0.15, 0.2) is 0 Å². The average molecular weight is 384 g/mol. The maximum absolute atomic E-state index is 12.9. The molecule has 2 amide bonds. The van der Waals surface area contributed by atoms with E-state index in [2.05, 4.69) is 15.3 Å². The third kappa shape index (κ3) is 4.77. The summed E-state index contributed by atoms with van der Waals surface area (Å²) < 4.78 is 5.17. The van der Waals surface area contributed by atoms with Crippen molar-refractivity contribution in [3.63, 3.8) is 0 Å². The minimum atomic E-state index is -0.378. The van der Waals surface area contributed by atoms with Gasteiger partial charge in [0.05, 0.1) is 29.0 Å². The number of carbonyl (C=O) groups is 2. The normalized spacial score (nSPS) is 15.1. The molecule has 1 N–H and O–H groups in total. The van der Waals surface area contributed by atoms with Crippen molar-refractivity contribution < 1.29 is 14.3 Å². The molecule has 1 aromatic heterocycles. The maximum Gasteiger partial charge on any atom is 0.407 e. The van der Waals surface area contributed by atoms with Crippen molar-refractivity contribution in [3.05, 3.63) is 35.2 Å². The fraction of sp³-hybridized carbons (Fsp3) is 0.524. The highest BCUT2D eigenvalue weighted by molar-refractivity contribution is 5.97. The topological polar surface area (TPSA) is 84.4 Å². The summed E-state index contributed by atoms with van der Waals surface area (Å²) in [5.41, 5.74) is 3.91. The molecule has 0 radical (unpaired) electrons. The fourth-order valence-electron chi connectivity index (χ4n) is 3.22. The molecule has 1 aliphatic heterocycles. The second kappa shape index (κ2) is 8.54. The molecule has 0 saturated carbocycles. The molecule has 7 nitrogen and oxygen atoms in total. The molecule has 1 aliphatic rings. The first kappa shape index (κ1) is 20.0. The summed E-state index contributed by atoms with van der Waals surface area (Å²) in [7, 11) is 0. The molecule has 28 heavy (non-hydrogen) atoms. The van der Waals surface area contributed by atoms with Crippen LogP contribution in [0.4, 0.5) is 4.79 Å². The number of hydrogen-bond acceptors (Lipinski definition) is 5. The van der Waals surface area contributed by atoms with E-state index in [0.29, 0.717) is 44.0 Å². The molecule has 0 aliphatic carbocycles. The number of hydrogen-bond donors (Lipinski definition) is 1. The first-order valence-corrected chi connectivity index (χ1v) is 9.81. The Morgan fingerprint density at radius 3 is 2.43 bits per heavy atom. The lowest BCUT2D eigenvalue weighted by atomic mass is 10.0. The van der Waals surface area contributed by atoms with Crippen LogP contribution in [0.1, 0.15) is 48.4 Å². The van der Waals surface area contributed by atoms with Crippen molar-refractivity contribution in [2.45, 2.75) is 46.6 Å². The number of alkyl carbamates (subject to hydrolysis) is 1. The fourth-order valence-corrected chi connectivity index (χ4v) is 3.22. The lowest BCUT2D eigenvalue weighted by Crippen LogP contribution is -2.46. The maximum atomic E-state index is 12.9. The highest BCUT2D eigenvalue weighted by Crippen LogP contribution is 2.18. The molecule has 2 heterocycles. The Kier molecular flexibility index (Phi) is 6.11. The van der Waals surface area contributed by atoms with Crippen molar-refractivity contribution in [1.29, 1.82) is 0 Å². The van der Waals surface area contributed by atoms with Gasteiger partial charge in [0.2, 0.25) is 0 Å². The van der Waals surface area contributed by atoms with Gasteiger partial charge in [0, 0.05) is 24.7 Å². The highest BCUT2D eigenvalue weighted by atomic mass is 16.5. The van der Waals surface area contributed by atoms with E-state index in [9.17, 15) is 9.59 Å². The van der Waals surface area contributed by atoms with E-state index in [1.165, 1.54) is 0 Å². The van der Waals surface area contributed by atoms with Crippen molar-refractivity contribution in [2.75, 3.05) is 19.7 Å². The SMILES string of the molecule is Cc1nc2ccc(C(=O)N3CCC(NC(=O)OCC(C)C)CC3)cc2nc1C. The Morgan fingerprint density at radius 2 is 1.79 bits per heavy atom. The average Bonchev–Trinajstić information content (AvgIpc) is 2.67. The summed E-state index contributed by atoms with van der Waals surface area (Å²) >= 11 is 0. The predicted octanol–water partition coefficient (Wildman–Crippen LogP) is 3.23. The number of nitrogens with zero attached hydrogens (tertiary/aromatic N) is 3. The number of nitrogens with one attached hydrogen (secondary N) is 1. The molecule has 3 rings (SSSR count). The van der Waals surface area contributed by atoms with E-state index in [1.807, 2.05) is 50.8 Å². The van der Waals surface area contributed by atoms with Gasteiger partial charge in [-0.2, -0.15) is 0 Å². The number of carbonyl (C=O) groups excluding carboxylic acids is 2. The zero-order chi connectivity index (χ0) is 20.3. The summed E-state index contributed by atoms with van der Waals surface area (Å²) in [5.74, 6) is 0.298. The largest absolute Gasteiger partial charge is 0.449 e. The van der Waals surface area contributed by atoms with Gasteiger partial charge >= 0.3 is 6.09 Å². The van der Waals surface area contributed by atoms with Gasteiger partial charge in [0.1, 0.15) is 0 Å². The minimum absolute atomic E-state index is 0.0113. The number of benzene rings is 1. The van der Waals surface area contributed by atoms with Gasteiger partial charge in [-0.25, -0.2) is 14.8 Å². The van der Waals surface area contributed by atoms with Crippen LogP contribution >= 0.6 is 0 Å². The Balaban J connectivity index is 1.58. The van der Waals surface area contributed by atoms with Crippen LogP contribution in [-0.4, -0.2) is 52.6 Å². The predicted molar refractivity (Wildman–Crippen MR) is 107 cm³/mol. The summed E-state index contributed by atoms with van der Waals surface area (Å²) in [6, 6.07) is 5.50. The molecular formula is C21H28N4O3. The van der Waals surface area contributed by atoms with E-state index in [0.717, 1.165) is 22.4 Å². The zero-order valence-electron chi connectivity index (χ0n) is 17.0. The monoisotopic (exact) mass is 384 g/mol. The number of piperidine rings is 1. The Labute approximate surface area is 165 Å². The Hall–Kier alpha value is -2.70. The molecule has 0 atom stereocenters. The molecule has 2 aromatic rings. The first-order chi connectivity index (χ1) is 13.3. The van der Waals surface area contributed by atoms with Crippen molar-refractivity contribution in [2.24, 2.45) is 5.92 Å². The number of amides is 2. The zero-order valence-corrected chi connectivity index (χ0v) is 17.0. The van der Waals surface area contributed by atoms with Gasteiger partial charge < -0.3 is 15.0 Å². The molecule has 1 saturated heterocycles. The second-order valence-corrected chi connectivity index (χ2v) is 7.80. The van der Waals surface area contributed by atoms with Gasteiger partial charge in [-0.3, -0.25) is 4.79 Å². The number of rotatable bonds is 4. The molecule has 0 bridgehead atoms. The Bertz CT molecular complexity index is 873. The number of aryl methyl sites for hydroxylation is 2. The van der Waals surface area contributed by atoms with Crippen LogP contribution in [0.15, 0.2) is 18.2 Å². The summed E-state index contributed by atoms with van der Waals surface area (Å²) in [4.78, 5) is 35.6. The van der Waals surface area contributed by atoms with Gasteiger partial charge in [-0.1, -0.05) is 13.8 Å². The standard InChI is InChI=1S/C21H28N4O3/c1-13(2)12-28-21(27)24-17-7-9-25(10-8-17)20(26)16-5-6-18-19(11-16)23-15(4)14(3)22-18/h5-6,11,13,17H,7-10,12H2,1-4H3,(H,24,27). The number of ether oxygens (including phenoxy) is 1. The minimum Gasteiger partial charge on any atom is -0.449 e. The van der Waals surface area contributed by atoms with Crippen molar-refractivity contribution in [3.8, 4) is 0 Å². The number of aromatic nitrogens is 2. The van der Waals surface area contributed by atoms with Crippen LogP contribution in [0, 0.1) is 19.8 Å². The quantitative estimate of drug-likeness (QED) is 0.875.